The van der Waals surface area contributed by atoms with Crippen LogP contribution in [0.15, 0.2) is 12.3 Å². The lowest BCUT2D eigenvalue weighted by Gasteiger charge is -1.95. The molecule has 0 amide bonds. The molecule has 0 unspecified atom stereocenters. The van der Waals surface area contributed by atoms with Crippen LogP contribution in [0.4, 0.5) is 0 Å². The van der Waals surface area contributed by atoms with Crippen LogP contribution in [0.5, 0.6) is 0 Å². The van der Waals surface area contributed by atoms with Gasteiger partial charge in [-0.1, -0.05) is 5.10 Å². The lowest BCUT2D eigenvalue weighted by Crippen LogP contribution is -2.06. The molecule has 0 aromatic carbocycles. The van der Waals surface area contributed by atoms with Gasteiger partial charge in [0.2, 0.25) is 0 Å². The molecule has 0 aliphatic carbocycles. The summed E-state index contributed by atoms with van der Waals surface area (Å²) in [6.07, 6.45) is 1.48. The zero-order chi connectivity index (χ0) is 10.1. The maximum atomic E-state index is 10.5. The lowest BCUT2D eigenvalue weighted by atomic mass is 10.5. The number of hydrogen-bond donors (Lipinski definition) is 1. The van der Waals surface area contributed by atoms with E-state index in [0.29, 0.717) is 5.95 Å². The van der Waals surface area contributed by atoms with E-state index in [1.54, 1.807) is 7.05 Å². The van der Waals surface area contributed by atoms with E-state index in [-0.39, 0.29) is 5.69 Å². The van der Waals surface area contributed by atoms with Crippen LogP contribution in [-0.4, -0.2) is 41.1 Å². The minimum absolute atomic E-state index is 0.0481. The van der Waals surface area contributed by atoms with Crippen molar-refractivity contribution in [3.8, 4) is 5.95 Å². The molecular formula is C6H6N6O2. The summed E-state index contributed by atoms with van der Waals surface area (Å²) in [4.78, 5) is 10.5. The Labute approximate surface area is 77.8 Å². The molecule has 0 spiro atoms. The largest absolute Gasteiger partial charge is 0.476 e. The molecule has 8 heteroatoms. The number of aromatic nitrogens is 6. The second-order valence-electron chi connectivity index (χ2n) is 2.55. The Morgan fingerprint density at radius 1 is 1.57 bits per heavy atom. The van der Waals surface area contributed by atoms with E-state index in [1.165, 1.54) is 21.6 Å². The van der Waals surface area contributed by atoms with Crippen LogP contribution in [0.25, 0.3) is 5.95 Å². The summed E-state index contributed by atoms with van der Waals surface area (Å²) in [5.74, 6) is -0.726. The fourth-order valence-electron chi connectivity index (χ4n) is 0.968. The van der Waals surface area contributed by atoms with Crippen molar-refractivity contribution in [2.75, 3.05) is 0 Å². The predicted molar refractivity (Wildman–Crippen MR) is 42.9 cm³/mol. The molecule has 2 rings (SSSR count). The quantitative estimate of drug-likeness (QED) is 0.664. The minimum Gasteiger partial charge on any atom is -0.476 e. The Bertz CT molecular complexity index is 472. The molecule has 0 saturated carbocycles. The molecule has 0 aliphatic rings. The monoisotopic (exact) mass is 194 g/mol. The second-order valence-corrected chi connectivity index (χ2v) is 2.55. The van der Waals surface area contributed by atoms with Gasteiger partial charge in [-0.15, -0.1) is 0 Å². The molecule has 0 saturated heterocycles. The van der Waals surface area contributed by atoms with Crippen LogP contribution in [0.3, 0.4) is 0 Å². The molecule has 1 N–H and O–H groups in total. The Hall–Kier alpha value is -2.25. The number of carbonyl (C=O) groups is 1. The van der Waals surface area contributed by atoms with Crippen molar-refractivity contribution in [2.24, 2.45) is 7.05 Å². The van der Waals surface area contributed by atoms with Crippen LogP contribution < -0.4 is 0 Å². The van der Waals surface area contributed by atoms with Gasteiger partial charge in [0, 0.05) is 13.2 Å². The third-order valence-corrected chi connectivity index (χ3v) is 1.61. The summed E-state index contributed by atoms with van der Waals surface area (Å²) in [5, 5.41) is 23.1. The van der Waals surface area contributed by atoms with Gasteiger partial charge in [-0.05, 0) is 16.5 Å². The fourth-order valence-corrected chi connectivity index (χ4v) is 0.968. The van der Waals surface area contributed by atoms with Crippen LogP contribution in [0.2, 0.25) is 0 Å². The number of carboxylic acids is 1. The lowest BCUT2D eigenvalue weighted by molar-refractivity contribution is 0.0690. The molecule has 0 fully saturated rings. The first kappa shape index (κ1) is 8.35. The van der Waals surface area contributed by atoms with Crippen molar-refractivity contribution < 1.29 is 9.90 Å². The molecule has 0 aliphatic heterocycles. The van der Waals surface area contributed by atoms with Crippen LogP contribution in [0, 0.1) is 0 Å². The normalized spacial score (nSPS) is 10.4. The van der Waals surface area contributed by atoms with E-state index in [1.807, 2.05) is 0 Å². The van der Waals surface area contributed by atoms with Gasteiger partial charge in [0.15, 0.2) is 5.69 Å². The van der Waals surface area contributed by atoms with Crippen molar-refractivity contribution >= 4 is 5.97 Å². The summed E-state index contributed by atoms with van der Waals surface area (Å²) in [6.45, 7) is 0. The molecule has 14 heavy (non-hydrogen) atoms. The van der Waals surface area contributed by atoms with Crippen molar-refractivity contribution in [3.05, 3.63) is 18.0 Å². The third-order valence-electron chi connectivity index (χ3n) is 1.61. The first-order chi connectivity index (χ1) is 6.68. The van der Waals surface area contributed by atoms with Crippen molar-refractivity contribution in [3.63, 3.8) is 0 Å². The molecule has 2 aromatic rings. The summed E-state index contributed by atoms with van der Waals surface area (Å²) in [7, 11) is 1.64. The van der Waals surface area contributed by atoms with E-state index < -0.39 is 5.97 Å². The zero-order valence-electron chi connectivity index (χ0n) is 7.19. The van der Waals surface area contributed by atoms with Gasteiger partial charge in [0.25, 0.3) is 5.95 Å². The van der Waals surface area contributed by atoms with E-state index in [0.717, 1.165) is 0 Å². The highest BCUT2D eigenvalue weighted by Crippen LogP contribution is 2.01. The van der Waals surface area contributed by atoms with E-state index in [9.17, 15) is 4.79 Å². The Kier molecular flexibility index (Phi) is 1.73. The SMILES string of the molecule is Cn1nnnc1-n1ccc(C(=O)O)n1. The Balaban J connectivity index is 2.43. The average Bonchev–Trinajstić information content (AvgIpc) is 2.71. The first-order valence-corrected chi connectivity index (χ1v) is 3.70. The number of nitrogens with zero attached hydrogens (tertiary/aromatic N) is 6. The van der Waals surface area contributed by atoms with E-state index >= 15 is 0 Å². The first-order valence-electron chi connectivity index (χ1n) is 3.70. The number of hydrogen-bond acceptors (Lipinski definition) is 5. The topological polar surface area (TPSA) is 98.7 Å². The third kappa shape index (κ3) is 1.22. The van der Waals surface area contributed by atoms with Gasteiger partial charge in [0.05, 0.1) is 0 Å². The maximum Gasteiger partial charge on any atom is 0.356 e. The van der Waals surface area contributed by atoms with E-state index in [4.69, 9.17) is 5.11 Å². The van der Waals surface area contributed by atoms with Gasteiger partial charge in [-0.2, -0.15) is 5.10 Å². The van der Waals surface area contributed by atoms with Crippen LogP contribution >= 0.6 is 0 Å². The number of aromatic carboxylic acids is 1. The highest BCUT2D eigenvalue weighted by Gasteiger charge is 2.10. The highest BCUT2D eigenvalue weighted by atomic mass is 16.4. The number of carboxylic acid groups (broad SMARTS) is 1. The summed E-state index contributed by atoms with van der Waals surface area (Å²) in [5.41, 5.74) is -0.0481. The van der Waals surface area contributed by atoms with Gasteiger partial charge in [0.1, 0.15) is 0 Å². The van der Waals surface area contributed by atoms with Crippen LogP contribution in [-0.2, 0) is 7.05 Å². The predicted octanol–water partition coefficient (Wildman–Crippen LogP) is -0.906. The standard InChI is InChI=1S/C6H6N6O2/c1-11-6(7-9-10-11)12-3-2-4(8-12)5(13)14/h2-3H,1H3,(H,13,14). The smallest absolute Gasteiger partial charge is 0.356 e. The summed E-state index contributed by atoms with van der Waals surface area (Å²) < 4.78 is 2.68. The molecule has 0 radical (unpaired) electrons. The molecule has 2 heterocycles. The molecule has 8 nitrogen and oxygen atoms in total. The highest BCUT2D eigenvalue weighted by molar-refractivity contribution is 5.85. The van der Waals surface area contributed by atoms with Gasteiger partial charge < -0.3 is 5.11 Å². The molecule has 0 bridgehead atoms. The van der Waals surface area contributed by atoms with Crippen molar-refractivity contribution in [2.45, 2.75) is 0 Å². The number of tetrazole rings is 1. The van der Waals surface area contributed by atoms with Gasteiger partial charge in [-0.3, -0.25) is 0 Å². The molecule has 72 valence electrons. The van der Waals surface area contributed by atoms with Gasteiger partial charge in [-0.25, -0.2) is 14.2 Å². The van der Waals surface area contributed by atoms with Crippen molar-refractivity contribution in [1.82, 2.24) is 30.0 Å². The summed E-state index contributed by atoms with van der Waals surface area (Å²) >= 11 is 0. The Morgan fingerprint density at radius 2 is 2.36 bits per heavy atom. The van der Waals surface area contributed by atoms with Gasteiger partial charge >= 0.3 is 5.97 Å². The Morgan fingerprint density at radius 3 is 2.86 bits per heavy atom. The fraction of sp³-hybridized carbons (Fsp3) is 0.167. The maximum absolute atomic E-state index is 10.5. The second kappa shape index (κ2) is 2.91. The average molecular weight is 194 g/mol. The number of rotatable bonds is 2. The minimum atomic E-state index is -1.08. The summed E-state index contributed by atoms with van der Waals surface area (Å²) in [6, 6.07) is 1.37. The molecule has 0 atom stereocenters. The van der Waals surface area contributed by atoms with E-state index in [2.05, 4.69) is 20.6 Å². The van der Waals surface area contributed by atoms with Crippen molar-refractivity contribution in [1.29, 1.82) is 0 Å². The molecule has 2 aromatic heterocycles. The molecular weight excluding hydrogens is 188 g/mol. The number of aryl methyl sites for hydroxylation is 1. The van der Waals surface area contributed by atoms with Crippen LogP contribution in [0.1, 0.15) is 10.5 Å². The zero-order valence-corrected chi connectivity index (χ0v) is 7.19.